The fraction of sp³-hybridized carbons (Fsp3) is 0.667. The Morgan fingerprint density at radius 3 is 2.94 bits per heavy atom. The van der Waals surface area contributed by atoms with Crippen molar-refractivity contribution in [3.63, 3.8) is 0 Å². The smallest absolute Gasteiger partial charge is 0.169 e. The first-order chi connectivity index (χ1) is 8.41. The highest BCUT2D eigenvalue weighted by molar-refractivity contribution is 9.09. The Hall–Kier alpha value is -0.410. The quantitative estimate of drug-likeness (QED) is 0.628. The third-order valence-corrected chi connectivity index (χ3v) is 5.71. The van der Waals surface area contributed by atoms with Crippen LogP contribution in [0.2, 0.25) is 0 Å². The lowest BCUT2D eigenvalue weighted by atomic mass is 9.54. The molecule has 0 aromatic heterocycles. The molecule has 2 rings (SSSR count). The summed E-state index contributed by atoms with van der Waals surface area (Å²) < 4.78 is 0. The van der Waals surface area contributed by atoms with Crippen LogP contribution in [-0.4, -0.2) is 22.3 Å². The number of aliphatic hydroxyl groups is 1. The first-order valence-electron chi connectivity index (χ1n) is 6.54. The van der Waals surface area contributed by atoms with Crippen molar-refractivity contribution in [3.8, 4) is 0 Å². The van der Waals surface area contributed by atoms with Gasteiger partial charge in [0.1, 0.15) is 6.10 Å². The van der Waals surface area contributed by atoms with Gasteiger partial charge in [0.05, 0.1) is 0 Å². The van der Waals surface area contributed by atoms with Gasteiger partial charge in [-0.05, 0) is 24.2 Å². The summed E-state index contributed by atoms with van der Waals surface area (Å²) in [6, 6.07) is 0. The van der Waals surface area contributed by atoms with E-state index < -0.39 is 6.10 Å². The first kappa shape index (κ1) is 14.0. The van der Waals surface area contributed by atoms with Crippen LogP contribution in [0.15, 0.2) is 24.3 Å². The number of alkyl halides is 1. The van der Waals surface area contributed by atoms with Crippen LogP contribution in [0.5, 0.6) is 0 Å². The van der Waals surface area contributed by atoms with Gasteiger partial charge in [-0.25, -0.2) is 0 Å². The highest BCUT2D eigenvalue weighted by atomic mass is 79.9. The van der Waals surface area contributed by atoms with Crippen molar-refractivity contribution in [1.29, 1.82) is 0 Å². The summed E-state index contributed by atoms with van der Waals surface area (Å²) in [6.07, 6.45) is 5.06. The summed E-state index contributed by atoms with van der Waals surface area (Å²) in [6.45, 7) is 8.39. The number of carbonyl (C=O) groups is 1. The van der Waals surface area contributed by atoms with E-state index in [0.717, 1.165) is 18.4 Å². The van der Waals surface area contributed by atoms with E-state index in [1.807, 2.05) is 6.08 Å². The summed E-state index contributed by atoms with van der Waals surface area (Å²) in [7, 11) is 0. The number of ketones is 1. The third kappa shape index (κ3) is 2.01. The minimum atomic E-state index is -0.886. The molecule has 1 N–H and O–H groups in total. The van der Waals surface area contributed by atoms with Crippen molar-refractivity contribution in [2.45, 2.75) is 32.8 Å². The number of halogens is 1. The van der Waals surface area contributed by atoms with Crippen molar-refractivity contribution in [1.82, 2.24) is 0 Å². The minimum absolute atomic E-state index is 0.0290. The van der Waals surface area contributed by atoms with Crippen LogP contribution < -0.4 is 0 Å². The van der Waals surface area contributed by atoms with E-state index in [4.69, 9.17) is 0 Å². The van der Waals surface area contributed by atoms with E-state index in [1.165, 1.54) is 0 Å². The Kier molecular flexibility index (Phi) is 3.84. The summed E-state index contributed by atoms with van der Waals surface area (Å²) in [4.78, 5) is 12.4. The molecule has 0 amide bonds. The molecule has 18 heavy (non-hydrogen) atoms. The van der Waals surface area contributed by atoms with E-state index in [1.54, 1.807) is 0 Å². The Bertz CT molecular complexity index is 401. The van der Waals surface area contributed by atoms with Gasteiger partial charge in [0.25, 0.3) is 0 Å². The zero-order chi connectivity index (χ0) is 13.5. The van der Waals surface area contributed by atoms with Gasteiger partial charge in [0, 0.05) is 17.2 Å². The molecule has 0 aromatic rings. The van der Waals surface area contributed by atoms with Crippen LogP contribution >= 0.6 is 15.9 Å². The lowest BCUT2D eigenvalue weighted by Crippen LogP contribution is -2.52. The second-order valence-corrected chi connectivity index (χ2v) is 6.56. The fourth-order valence-electron chi connectivity index (χ4n) is 3.40. The standard InChI is InChI=1S/C15H21BrO2/c1-9(8-16)11-7-15(3)10(2)5-4-6-12(15)14(18)13(11)17/h4,6,10-13,17H,1,5,7-8H2,2-3H3. The molecule has 1 fully saturated rings. The lowest BCUT2D eigenvalue weighted by Gasteiger charge is -2.50. The molecule has 0 bridgehead atoms. The maximum absolute atomic E-state index is 12.4. The Morgan fingerprint density at radius 2 is 2.33 bits per heavy atom. The molecule has 5 atom stereocenters. The van der Waals surface area contributed by atoms with E-state index in [0.29, 0.717) is 11.2 Å². The summed E-state index contributed by atoms with van der Waals surface area (Å²) >= 11 is 3.38. The maximum Gasteiger partial charge on any atom is 0.169 e. The Balaban J connectivity index is 2.36. The van der Waals surface area contributed by atoms with Crippen LogP contribution in [0.1, 0.15) is 26.7 Å². The van der Waals surface area contributed by atoms with Crippen molar-refractivity contribution in [3.05, 3.63) is 24.3 Å². The average Bonchev–Trinajstić information content (AvgIpc) is 2.35. The van der Waals surface area contributed by atoms with Gasteiger partial charge in [0.15, 0.2) is 5.78 Å². The van der Waals surface area contributed by atoms with Gasteiger partial charge in [0.2, 0.25) is 0 Å². The average molecular weight is 313 g/mol. The Morgan fingerprint density at radius 1 is 1.67 bits per heavy atom. The van der Waals surface area contributed by atoms with Crippen LogP contribution in [-0.2, 0) is 4.79 Å². The number of hydrogen-bond donors (Lipinski definition) is 1. The fourth-order valence-corrected chi connectivity index (χ4v) is 3.81. The maximum atomic E-state index is 12.4. The van der Waals surface area contributed by atoms with Crippen LogP contribution in [0, 0.1) is 23.2 Å². The van der Waals surface area contributed by atoms with Crippen LogP contribution in [0.4, 0.5) is 0 Å². The van der Waals surface area contributed by atoms with Crippen LogP contribution in [0.25, 0.3) is 0 Å². The van der Waals surface area contributed by atoms with Gasteiger partial charge >= 0.3 is 0 Å². The van der Waals surface area contributed by atoms with Gasteiger partial charge < -0.3 is 5.11 Å². The highest BCUT2D eigenvalue weighted by Gasteiger charge is 2.52. The summed E-state index contributed by atoms with van der Waals surface area (Å²) in [5.74, 6) is 0.205. The summed E-state index contributed by atoms with van der Waals surface area (Å²) in [5, 5.41) is 10.9. The highest BCUT2D eigenvalue weighted by Crippen LogP contribution is 2.52. The molecule has 5 unspecified atom stereocenters. The number of fused-ring (bicyclic) bond motifs is 1. The number of carbonyl (C=O) groups excluding carboxylic acids is 1. The van der Waals surface area contributed by atoms with E-state index in [9.17, 15) is 9.90 Å². The number of allylic oxidation sites excluding steroid dienone is 2. The monoisotopic (exact) mass is 312 g/mol. The molecule has 3 heteroatoms. The molecule has 2 aliphatic carbocycles. The molecule has 0 spiro atoms. The molecule has 0 heterocycles. The second-order valence-electron chi connectivity index (χ2n) is 6.00. The zero-order valence-electron chi connectivity index (χ0n) is 11.0. The zero-order valence-corrected chi connectivity index (χ0v) is 12.6. The van der Waals surface area contributed by atoms with Gasteiger partial charge in [-0.3, -0.25) is 4.79 Å². The van der Waals surface area contributed by atoms with Gasteiger partial charge in [-0.1, -0.05) is 54.1 Å². The molecule has 2 nitrogen and oxygen atoms in total. The summed E-state index contributed by atoms with van der Waals surface area (Å²) in [5.41, 5.74) is 0.887. The second kappa shape index (κ2) is 4.93. The van der Waals surface area contributed by atoms with Gasteiger partial charge in [-0.2, -0.15) is 0 Å². The minimum Gasteiger partial charge on any atom is -0.385 e. The molecule has 0 aliphatic heterocycles. The van der Waals surface area contributed by atoms with Crippen molar-refractivity contribution in [2.75, 3.05) is 5.33 Å². The van der Waals surface area contributed by atoms with E-state index >= 15 is 0 Å². The number of aliphatic hydroxyl groups excluding tert-OH is 1. The first-order valence-corrected chi connectivity index (χ1v) is 7.66. The Labute approximate surface area is 117 Å². The SMILES string of the molecule is C=C(CBr)C1CC2(C)C(C)CC=CC2C(=O)C1O. The molecular weight excluding hydrogens is 292 g/mol. The molecule has 0 saturated heterocycles. The topological polar surface area (TPSA) is 37.3 Å². The number of rotatable bonds is 2. The van der Waals surface area contributed by atoms with E-state index in [-0.39, 0.29) is 23.0 Å². The predicted molar refractivity (Wildman–Crippen MR) is 76.6 cm³/mol. The normalized spacial score (nSPS) is 43.7. The lowest BCUT2D eigenvalue weighted by molar-refractivity contribution is -0.145. The molecular formula is C15H21BrO2. The molecule has 0 radical (unpaired) electrons. The third-order valence-electron chi connectivity index (χ3n) is 4.99. The van der Waals surface area contributed by atoms with E-state index in [2.05, 4.69) is 42.4 Å². The number of hydrogen-bond acceptors (Lipinski definition) is 2. The van der Waals surface area contributed by atoms with Crippen molar-refractivity contribution in [2.24, 2.45) is 23.2 Å². The van der Waals surface area contributed by atoms with Gasteiger partial charge in [-0.15, -0.1) is 0 Å². The van der Waals surface area contributed by atoms with Crippen LogP contribution in [0.3, 0.4) is 0 Å². The largest absolute Gasteiger partial charge is 0.385 e. The van der Waals surface area contributed by atoms with Crippen molar-refractivity contribution < 1.29 is 9.90 Å². The number of Topliss-reactive ketones (excluding diaryl/α,β-unsaturated/α-hetero) is 1. The molecule has 1 saturated carbocycles. The van der Waals surface area contributed by atoms with Crippen molar-refractivity contribution >= 4 is 21.7 Å². The molecule has 2 aliphatic rings. The predicted octanol–water partition coefficient (Wildman–Crippen LogP) is 3.11. The molecule has 100 valence electrons. The molecule has 0 aromatic carbocycles.